The molecule has 1 unspecified atom stereocenters. The lowest BCUT2D eigenvalue weighted by Crippen LogP contribution is -2.28. The third kappa shape index (κ3) is 4.39. The molecule has 0 radical (unpaired) electrons. The highest BCUT2D eigenvalue weighted by Gasteiger charge is 2.26. The van der Waals surface area contributed by atoms with Crippen molar-refractivity contribution < 1.29 is 17.4 Å². The lowest BCUT2D eigenvalue weighted by atomic mass is 10.3. The molecule has 0 saturated carbocycles. The molecule has 1 amide bonds. The zero-order chi connectivity index (χ0) is 15.3. The van der Waals surface area contributed by atoms with Crippen LogP contribution in [0.1, 0.15) is 29.5 Å². The molecule has 1 rings (SSSR count). The summed E-state index contributed by atoms with van der Waals surface area (Å²) in [6.45, 7) is 2.01. The molecule has 0 aliphatic heterocycles. The highest BCUT2D eigenvalue weighted by molar-refractivity contribution is 7.89. The van der Waals surface area contributed by atoms with E-state index >= 15 is 0 Å². The van der Waals surface area contributed by atoms with Gasteiger partial charge < -0.3 is 5.32 Å². The van der Waals surface area contributed by atoms with E-state index in [4.69, 9.17) is 5.14 Å². The number of hydrogen-bond donors (Lipinski definition) is 3. The number of aryl methyl sites for hydroxylation is 1. The van der Waals surface area contributed by atoms with Crippen molar-refractivity contribution in [3.8, 4) is 0 Å². The van der Waals surface area contributed by atoms with Crippen molar-refractivity contribution in [2.75, 3.05) is 18.6 Å². The highest BCUT2D eigenvalue weighted by Crippen LogP contribution is 2.17. The van der Waals surface area contributed by atoms with Gasteiger partial charge in [-0.15, -0.1) is 0 Å². The average molecular weight is 322 g/mol. The Labute approximate surface area is 120 Å². The van der Waals surface area contributed by atoms with E-state index in [2.05, 4.69) is 15.5 Å². The second-order valence-electron chi connectivity index (χ2n) is 4.17. The van der Waals surface area contributed by atoms with Crippen molar-refractivity contribution in [3.63, 3.8) is 0 Å². The van der Waals surface area contributed by atoms with Crippen LogP contribution < -0.4 is 10.5 Å². The van der Waals surface area contributed by atoms with Crippen LogP contribution in [0.2, 0.25) is 0 Å². The van der Waals surface area contributed by atoms with Crippen molar-refractivity contribution in [2.45, 2.75) is 24.7 Å². The molecule has 0 fully saturated rings. The molecule has 10 heteroatoms. The van der Waals surface area contributed by atoms with Crippen LogP contribution in [0.15, 0.2) is 4.90 Å². The molecule has 0 saturated heterocycles. The molecule has 0 aliphatic rings. The van der Waals surface area contributed by atoms with Gasteiger partial charge in [0.15, 0.2) is 5.69 Å². The second kappa shape index (κ2) is 6.95. The third-order valence-corrected chi connectivity index (χ3v) is 4.41. The summed E-state index contributed by atoms with van der Waals surface area (Å²) in [5, 5.41) is 13.8. The molecule has 0 aromatic carbocycles. The lowest BCUT2D eigenvalue weighted by Gasteiger charge is -2.04. The normalized spacial score (nSPS) is 13.2. The summed E-state index contributed by atoms with van der Waals surface area (Å²) in [6, 6.07) is 0. The van der Waals surface area contributed by atoms with E-state index in [0.29, 0.717) is 24.3 Å². The summed E-state index contributed by atoms with van der Waals surface area (Å²) < 4.78 is 33.9. The van der Waals surface area contributed by atoms with Crippen molar-refractivity contribution in [3.05, 3.63) is 11.4 Å². The first-order valence-corrected chi connectivity index (χ1v) is 9.23. The van der Waals surface area contributed by atoms with Gasteiger partial charge in [-0.2, -0.15) is 5.10 Å². The fourth-order valence-electron chi connectivity index (χ4n) is 1.63. The molecule has 114 valence electrons. The zero-order valence-corrected chi connectivity index (χ0v) is 12.9. The number of primary sulfonamides is 1. The number of H-pyrrole nitrogens is 1. The molecular weight excluding hydrogens is 304 g/mol. The molecule has 1 heterocycles. The van der Waals surface area contributed by atoms with Crippen LogP contribution in [0.25, 0.3) is 0 Å². The number of rotatable bonds is 7. The third-order valence-electron chi connectivity index (χ3n) is 2.54. The minimum Gasteiger partial charge on any atom is -0.351 e. The van der Waals surface area contributed by atoms with Crippen LogP contribution in [-0.2, 0) is 27.2 Å². The molecule has 1 aromatic rings. The molecule has 1 atom stereocenters. The van der Waals surface area contributed by atoms with E-state index < -0.39 is 26.7 Å². The van der Waals surface area contributed by atoms with Crippen LogP contribution >= 0.6 is 0 Å². The van der Waals surface area contributed by atoms with Gasteiger partial charge in [-0.3, -0.25) is 14.1 Å². The number of amides is 1. The summed E-state index contributed by atoms with van der Waals surface area (Å²) in [5.74, 6) is -0.157. The Kier molecular flexibility index (Phi) is 5.84. The molecule has 1 aromatic heterocycles. The van der Waals surface area contributed by atoms with Gasteiger partial charge in [0.25, 0.3) is 5.91 Å². The molecule has 4 N–H and O–H groups in total. The Balaban J connectivity index is 2.84. The largest absolute Gasteiger partial charge is 0.351 e. The lowest BCUT2D eigenvalue weighted by molar-refractivity contribution is 0.0945. The fourth-order valence-corrected chi connectivity index (χ4v) is 3.12. The van der Waals surface area contributed by atoms with Gasteiger partial charge in [-0.25, -0.2) is 13.6 Å². The Bertz CT molecular complexity index is 609. The first kappa shape index (κ1) is 16.8. The Morgan fingerprint density at radius 2 is 2.15 bits per heavy atom. The van der Waals surface area contributed by atoms with Crippen LogP contribution in [0.5, 0.6) is 0 Å². The number of nitrogens with two attached hydrogens (primary N) is 1. The van der Waals surface area contributed by atoms with E-state index in [1.165, 1.54) is 0 Å². The van der Waals surface area contributed by atoms with E-state index in [-0.39, 0.29) is 17.1 Å². The minimum absolute atomic E-state index is 0.234. The summed E-state index contributed by atoms with van der Waals surface area (Å²) in [5.41, 5.74) is 0.0642. The monoisotopic (exact) mass is 322 g/mol. The fraction of sp³-hybridized carbons (Fsp3) is 0.600. The van der Waals surface area contributed by atoms with Gasteiger partial charge in [-0.1, -0.05) is 6.92 Å². The van der Waals surface area contributed by atoms with Gasteiger partial charge in [0.2, 0.25) is 10.0 Å². The topological polar surface area (TPSA) is 135 Å². The molecule has 20 heavy (non-hydrogen) atoms. The number of aromatic amines is 1. The second-order valence-corrected chi connectivity index (χ2v) is 7.22. The number of nitrogens with zero attached hydrogens (tertiary/aromatic N) is 1. The molecule has 0 spiro atoms. The number of sulfonamides is 1. The smallest absolute Gasteiger partial charge is 0.273 e. The van der Waals surface area contributed by atoms with Gasteiger partial charge in [-0.05, 0) is 12.8 Å². The quantitative estimate of drug-likeness (QED) is 0.560. The maximum absolute atomic E-state index is 11.9. The summed E-state index contributed by atoms with van der Waals surface area (Å²) in [7, 11) is -4.95. The van der Waals surface area contributed by atoms with Crippen molar-refractivity contribution in [1.82, 2.24) is 15.5 Å². The maximum atomic E-state index is 11.9. The highest BCUT2D eigenvalue weighted by atomic mass is 32.2. The maximum Gasteiger partial charge on any atom is 0.273 e. The number of aromatic nitrogens is 2. The van der Waals surface area contributed by atoms with Crippen molar-refractivity contribution >= 4 is 26.7 Å². The average Bonchev–Trinajstić information content (AvgIpc) is 2.77. The van der Waals surface area contributed by atoms with Gasteiger partial charge in [0, 0.05) is 29.4 Å². The SMILES string of the molecule is CCc1[nH]nc(C(=O)NCCCS(C)=O)c1S(N)(=O)=O. The molecule has 0 aliphatic carbocycles. The van der Waals surface area contributed by atoms with Gasteiger partial charge in [0.05, 0.1) is 5.69 Å². The van der Waals surface area contributed by atoms with Crippen molar-refractivity contribution in [2.24, 2.45) is 5.14 Å². The van der Waals surface area contributed by atoms with Crippen molar-refractivity contribution in [1.29, 1.82) is 0 Å². The predicted molar refractivity (Wildman–Crippen MR) is 75.2 cm³/mol. The standard InChI is InChI=1S/C10H18N4O4S2/c1-3-7-9(20(11,17)18)8(14-13-7)10(15)12-5-4-6-19(2)16/h3-6H2,1-2H3,(H,12,15)(H,13,14)(H2,11,17,18). The summed E-state index contributed by atoms with van der Waals surface area (Å²) in [6.07, 6.45) is 2.47. The number of nitrogens with one attached hydrogen (secondary N) is 2. The van der Waals surface area contributed by atoms with Gasteiger partial charge in [0.1, 0.15) is 4.90 Å². The van der Waals surface area contributed by atoms with Crippen LogP contribution in [0.4, 0.5) is 0 Å². The molecule has 0 bridgehead atoms. The van der Waals surface area contributed by atoms with Crippen LogP contribution in [0.3, 0.4) is 0 Å². The molecular formula is C10H18N4O4S2. The van der Waals surface area contributed by atoms with E-state index in [0.717, 1.165) is 0 Å². The Morgan fingerprint density at radius 1 is 1.50 bits per heavy atom. The van der Waals surface area contributed by atoms with Crippen LogP contribution in [-0.4, -0.2) is 47.3 Å². The number of hydrogen-bond acceptors (Lipinski definition) is 5. The summed E-state index contributed by atoms with van der Waals surface area (Å²) in [4.78, 5) is 11.6. The summed E-state index contributed by atoms with van der Waals surface area (Å²) >= 11 is 0. The first-order chi connectivity index (χ1) is 9.27. The Hall–Kier alpha value is -1.26. The van der Waals surface area contributed by atoms with Gasteiger partial charge >= 0.3 is 0 Å². The minimum atomic E-state index is -4.03. The number of carbonyl (C=O) groups excluding carboxylic acids is 1. The first-order valence-electron chi connectivity index (χ1n) is 5.95. The van der Waals surface area contributed by atoms with E-state index in [9.17, 15) is 17.4 Å². The van der Waals surface area contributed by atoms with E-state index in [1.54, 1.807) is 13.2 Å². The zero-order valence-electron chi connectivity index (χ0n) is 11.3. The Morgan fingerprint density at radius 3 is 2.65 bits per heavy atom. The predicted octanol–water partition coefficient (Wildman–Crippen LogP) is -0.882. The van der Waals surface area contributed by atoms with E-state index in [1.807, 2.05) is 0 Å². The van der Waals surface area contributed by atoms with Crippen LogP contribution in [0, 0.1) is 0 Å². The molecule has 8 nitrogen and oxygen atoms in total. The number of carbonyl (C=O) groups is 1.